The normalized spacial score (nSPS) is 10.0. The Labute approximate surface area is 129 Å². The van der Waals surface area contributed by atoms with Crippen LogP contribution >= 0.6 is 11.8 Å². The number of carbonyl (C=O) groups excluding carboxylic acids is 2. The minimum Gasteiger partial charge on any atom is -0.497 e. The average molecular weight is 311 g/mol. The van der Waals surface area contributed by atoms with E-state index in [1.807, 2.05) is 24.3 Å². The van der Waals surface area contributed by atoms with E-state index in [9.17, 15) is 9.59 Å². The standard InChI is InChI=1S/C15H21NO4S/c1-4-20-15(18)9-10-16(2)14(17)11-21-13-7-5-12(19-3)6-8-13/h5-8H,4,9-11H2,1-3H3. The van der Waals surface area contributed by atoms with Gasteiger partial charge in [0.2, 0.25) is 5.91 Å². The smallest absolute Gasteiger partial charge is 0.307 e. The number of hydrogen-bond acceptors (Lipinski definition) is 5. The van der Waals surface area contributed by atoms with Gasteiger partial charge < -0.3 is 14.4 Å². The lowest BCUT2D eigenvalue weighted by Gasteiger charge is -2.16. The van der Waals surface area contributed by atoms with Crippen molar-refractivity contribution in [2.24, 2.45) is 0 Å². The molecule has 116 valence electrons. The van der Waals surface area contributed by atoms with Crippen LogP contribution < -0.4 is 4.74 Å². The molecule has 0 spiro atoms. The molecule has 0 radical (unpaired) electrons. The number of nitrogens with zero attached hydrogens (tertiary/aromatic N) is 1. The van der Waals surface area contributed by atoms with E-state index in [0.29, 0.717) is 18.9 Å². The Hall–Kier alpha value is -1.69. The molecule has 0 unspecified atom stereocenters. The van der Waals surface area contributed by atoms with E-state index >= 15 is 0 Å². The molecule has 0 aromatic heterocycles. The molecule has 1 aromatic carbocycles. The summed E-state index contributed by atoms with van der Waals surface area (Å²) in [5.74, 6) is 0.836. The third-order valence-electron chi connectivity index (χ3n) is 2.80. The van der Waals surface area contributed by atoms with Crippen molar-refractivity contribution < 1.29 is 19.1 Å². The van der Waals surface area contributed by atoms with Crippen LogP contribution in [0.1, 0.15) is 13.3 Å². The van der Waals surface area contributed by atoms with Crippen molar-refractivity contribution in [3.63, 3.8) is 0 Å². The first-order valence-corrected chi connectivity index (χ1v) is 7.71. The first-order chi connectivity index (χ1) is 10.1. The second-order valence-corrected chi connectivity index (χ2v) is 5.38. The summed E-state index contributed by atoms with van der Waals surface area (Å²) in [6.07, 6.45) is 0.225. The van der Waals surface area contributed by atoms with Crippen molar-refractivity contribution in [3.05, 3.63) is 24.3 Å². The van der Waals surface area contributed by atoms with Crippen molar-refractivity contribution in [2.75, 3.05) is 33.1 Å². The quantitative estimate of drug-likeness (QED) is 0.544. The number of thioether (sulfide) groups is 1. The van der Waals surface area contributed by atoms with Gasteiger partial charge in [0.1, 0.15) is 5.75 Å². The molecular formula is C15H21NO4S. The molecule has 6 heteroatoms. The molecule has 0 heterocycles. The fourth-order valence-electron chi connectivity index (χ4n) is 1.54. The molecule has 0 saturated carbocycles. The average Bonchev–Trinajstić information content (AvgIpc) is 2.51. The van der Waals surface area contributed by atoms with Crippen molar-refractivity contribution in [1.29, 1.82) is 0 Å². The highest BCUT2D eigenvalue weighted by Crippen LogP contribution is 2.21. The van der Waals surface area contributed by atoms with E-state index in [0.717, 1.165) is 10.6 Å². The van der Waals surface area contributed by atoms with Gasteiger partial charge in [-0.15, -0.1) is 11.8 Å². The zero-order valence-electron chi connectivity index (χ0n) is 12.6. The topological polar surface area (TPSA) is 55.8 Å². The maximum Gasteiger partial charge on any atom is 0.307 e. The molecule has 0 N–H and O–H groups in total. The maximum atomic E-state index is 11.9. The van der Waals surface area contributed by atoms with Crippen molar-refractivity contribution in [1.82, 2.24) is 4.90 Å². The first kappa shape index (κ1) is 17.4. The van der Waals surface area contributed by atoms with Gasteiger partial charge in [-0.3, -0.25) is 9.59 Å². The van der Waals surface area contributed by atoms with Crippen LogP contribution in [0.5, 0.6) is 5.75 Å². The number of methoxy groups -OCH3 is 1. The minimum absolute atomic E-state index is 0.0138. The van der Waals surface area contributed by atoms with Gasteiger partial charge in [0.05, 0.1) is 25.9 Å². The Morgan fingerprint density at radius 2 is 1.90 bits per heavy atom. The summed E-state index contributed by atoms with van der Waals surface area (Å²) in [6, 6.07) is 7.54. The molecule has 1 amide bonds. The maximum absolute atomic E-state index is 11.9. The van der Waals surface area contributed by atoms with Gasteiger partial charge in [0.15, 0.2) is 0 Å². The van der Waals surface area contributed by atoms with Gasteiger partial charge in [0, 0.05) is 18.5 Å². The summed E-state index contributed by atoms with van der Waals surface area (Å²) in [5, 5.41) is 0. The Bertz CT molecular complexity index is 461. The van der Waals surface area contributed by atoms with Crippen LogP contribution in [0.2, 0.25) is 0 Å². The molecule has 0 bridgehead atoms. The van der Waals surface area contributed by atoms with Crippen LogP contribution in [0, 0.1) is 0 Å². The van der Waals surface area contributed by atoms with Crippen molar-refractivity contribution in [3.8, 4) is 5.75 Å². The van der Waals surface area contributed by atoms with Gasteiger partial charge in [-0.2, -0.15) is 0 Å². The SMILES string of the molecule is CCOC(=O)CCN(C)C(=O)CSc1ccc(OC)cc1. The molecule has 1 aromatic rings. The predicted molar refractivity (Wildman–Crippen MR) is 82.6 cm³/mol. The van der Waals surface area contributed by atoms with Gasteiger partial charge in [-0.1, -0.05) is 0 Å². The summed E-state index contributed by atoms with van der Waals surface area (Å²) in [7, 11) is 3.31. The van der Waals surface area contributed by atoms with E-state index in [1.165, 1.54) is 11.8 Å². The first-order valence-electron chi connectivity index (χ1n) is 6.73. The Balaban J connectivity index is 2.33. The summed E-state index contributed by atoms with van der Waals surface area (Å²) in [4.78, 5) is 25.7. The number of benzene rings is 1. The second-order valence-electron chi connectivity index (χ2n) is 4.33. The van der Waals surface area contributed by atoms with Crippen LogP contribution in [0.4, 0.5) is 0 Å². The van der Waals surface area contributed by atoms with E-state index in [2.05, 4.69) is 0 Å². The zero-order chi connectivity index (χ0) is 15.7. The molecule has 5 nitrogen and oxygen atoms in total. The Morgan fingerprint density at radius 3 is 2.48 bits per heavy atom. The predicted octanol–water partition coefficient (Wildman–Crippen LogP) is 2.20. The Morgan fingerprint density at radius 1 is 1.24 bits per heavy atom. The lowest BCUT2D eigenvalue weighted by Crippen LogP contribution is -2.30. The lowest BCUT2D eigenvalue weighted by atomic mass is 10.3. The van der Waals surface area contributed by atoms with Crippen LogP contribution in [-0.4, -0.2) is 49.8 Å². The van der Waals surface area contributed by atoms with E-state index in [4.69, 9.17) is 9.47 Å². The highest BCUT2D eigenvalue weighted by molar-refractivity contribution is 8.00. The van der Waals surface area contributed by atoms with Gasteiger partial charge in [-0.05, 0) is 31.2 Å². The molecular weight excluding hydrogens is 290 g/mol. The summed E-state index contributed by atoms with van der Waals surface area (Å²) in [5.41, 5.74) is 0. The van der Waals surface area contributed by atoms with Crippen LogP contribution in [0.15, 0.2) is 29.2 Å². The molecule has 0 atom stereocenters. The third-order valence-corrected chi connectivity index (χ3v) is 3.80. The van der Waals surface area contributed by atoms with Gasteiger partial charge in [-0.25, -0.2) is 0 Å². The molecule has 0 aliphatic heterocycles. The van der Waals surface area contributed by atoms with Gasteiger partial charge in [0.25, 0.3) is 0 Å². The Kier molecular flexibility index (Phi) is 7.68. The van der Waals surface area contributed by atoms with E-state index in [1.54, 1.807) is 26.0 Å². The number of hydrogen-bond donors (Lipinski definition) is 0. The highest BCUT2D eigenvalue weighted by atomic mass is 32.2. The largest absolute Gasteiger partial charge is 0.497 e. The van der Waals surface area contributed by atoms with Crippen molar-refractivity contribution in [2.45, 2.75) is 18.2 Å². The highest BCUT2D eigenvalue weighted by Gasteiger charge is 2.11. The third kappa shape index (κ3) is 6.53. The van der Waals surface area contributed by atoms with Gasteiger partial charge >= 0.3 is 5.97 Å². The van der Waals surface area contributed by atoms with Crippen molar-refractivity contribution >= 4 is 23.6 Å². The number of amides is 1. The molecule has 0 saturated heterocycles. The molecule has 0 aliphatic carbocycles. The van der Waals surface area contributed by atoms with Crippen LogP contribution in [0.3, 0.4) is 0 Å². The fraction of sp³-hybridized carbons (Fsp3) is 0.467. The fourth-order valence-corrected chi connectivity index (χ4v) is 2.38. The number of ether oxygens (including phenoxy) is 2. The number of rotatable bonds is 8. The lowest BCUT2D eigenvalue weighted by molar-refractivity contribution is -0.143. The number of carbonyl (C=O) groups is 2. The molecule has 0 fully saturated rings. The molecule has 0 aliphatic rings. The van der Waals surface area contributed by atoms with Crippen LogP contribution in [0.25, 0.3) is 0 Å². The van der Waals surface area contributed by atoms with Crippen LogP contribution in [-0.2, 0) is 14.3 Å². The number of esters is 1. The van der Waals surface area contributed by atoms with E-state index < -0.39 is 0 Å². The molecule has 1 rings (SSSR count). The summed E-state index contributed by atoms with van der Waals surface area (Å²) < 4.78 is 9.91. The monoisotopic (exact) mass is 311 g/mol. The summed E-state index contributed by atoms with van der Waals surface area (Å²) >= 11 is 1.46. The summed E-state index contributed by atoms with van der Waals surface area (Å²) in [6.45, 7) is 2.50. The minimum atomic E-state index is -0.278. The zero-order valence-corrected chi connectivity index (χ0v) is 13.4. The van der Waals surface area contributed by atoms with E-state index in [-0.39, 0.29) is 18.3 Å². The molecule has 21 heavy (non-hydrogen) atoms. The second kappa shape index (κ2) is 9.28.